The lowest BCUT2D eigenvalue weighted by molar-refractivity contribution is -0.0179. The summed E-state index contributed by atoms with van der Waals surface area (Å²) in [5, 5.41) is 5.45. The van der Waals surface area contributed by atoms with Crippen molar-refractivity contribution >= 4 is 29.3 Å². The molecule has 0 radical (unpaired) electrons. The number of carbonyl (C=O) groups is 1. The van der Waals surface area contributed by atoms with Gasteiger partial charge in [0.15, 0.2) is 0 Å². The Kier molecular flexibility index (Phi) is 7.18. The zero-order valence-electron chi connectivity index (χ0n) is 20.0. The topological polar surface area (TPSA) is 58.8 Å². The third-order valence-corrected chi connectivity index (χ3v) is 6.25. The predicted molar refractivity (Wildman–Crippen MR) is 128 cm³/mol. The summed E-state index contributed by atoms with van der Waals surface area (Å²) in [6.45, 7) is 16.5. The standard InChI is InChI=1S/C24H33Cl2N3O3/c1-15(2)21-16(20(27-32-21)19-17(25)9-8-10-18(19)26)13-29-12-11-28(14-24(29,6)7)22(30)31-23(3,4)5/h8-10,15H,11-14H2,1-7H3. The van der Waals surface area contributed by atoms with Gasteiger partial charge in [0, 0.05) is 48.8 Å². The van der Waals surface area contributed by atoms with Crippen LogP contribution in [0.4, 0.5) is 4.79 Å². The average Bonchev–Trinajstić information content (AvgIpc) is 3.05. The van der Waals surface area contributed by atoms with Crippen LogP contribution in [-0.2, 0) is 11.3 Å². The van der Waals surface area contributed by atoms with Gasteiger partial charge in [-0.2, -0.15) is 0 Å². The minimum atomic E-state index is -0.518. The molecular formula is C24H33Cl2N3O3. The second-order valence-corrected chi connectivity index (χ2v) is 11.1. The largest absolute Gasteiger partial charge is 0.444 e. The van der Waals surface area contributed by atoms with Crippen LogP contribution in [0.1, 0.15) is 65.7 Å². The number of nitrogens with zero attached hydrogens (tertiary/aromatic N) is 3. The molecule has 0 spiro atoms. The Balaban J connectivity index is 1.89. The number of ether oxygens (including phenoxy) is 1. The molecule has 1 aromatic heterocycles. The Morgan fingerprint density at radius 2 is 1.84 bits per heavy atom. The van der Waals surface area contributed by atoms with E-state index in [1.54, 1.807) is 17.0 Å². The van der Waals surface area contributed by atoms with Crippen molar-refractivity contribution in [1.82, 2.24) is 15.0 Å². The molecular weight excluding hydrogens is 449 g/mol. The van der Waals surface area contributed by atoms with Crippen LogP contribution in [0, 0.1) is 0 Å². The number of amides is 1. The van der Waals surface area contributed by atoms with E-state index in [0.29, 0.717) is 47.5 Å². The average molecular weight is 482 g/mol. The number of piperazine rings is 1. The Hall–Kier alpha value is -1.76. The van der Waals surface area contributed by atoms with Gasteiger partial charge in [-0.05, 0) is 46.8 Å². The number of hydrogen-bond acceptors (Lipinski definition) is 5. The van der Waals surface area contributed by atoms with Crippen LogP contribution in [0.3, 0.4) is 0 Å². The minimum absolute atomic E-state index is 0.152. The van der Waals surface area contributed by atoms with Gasteiger partial charge in [0.1, 0.15) is 17.1 Å². The zero-order valence-corrected chi connectivity index (χ0v) is 21.5. The van der Waals surface area contributed by atoms with E-state index < -0.39 is 5.60 Å². The minimum Gasteiger partial charge on any atom is -0.444 e. The van der Waals surface area contributed by atoms with Crippen molar-refractivity contribution in [1.29, 1.82) is 0 Å². The quantitative estimate of drug-likeness (QED) is 0.491. The highest BCUT2D eigenvalue weighted by atomic mass is 35.5. The Morgan fingerprint density at radius 3 is 2.38 bits per heavy atom. The van der Waals surface area contributed by atoms with Crippen LogP contribution < -0.4 is 0 Å². The summed E-state index contributed by atoms with van der Waals surface area (Å²) in [5.74, 6) is 0.972. The molecule has 1 aliphatic heterocycles. The predicted octanol–water partition coefficient (Wildman–Crippen LogP) is 6.60. The number of hydrogen-bond donors (Lipinski definition) is 0. The van der Waals surface area contributed by atoms with Crippen molar-refractivity contribution < 1.29 is 14.1 Å². The van der Waals surface area contributed by atoms with Gasteiger partial charge in [-0.3, -0.25) is 4.90 Å². The molecule has 2 aromatic rings. The first-order valence-electron chi connectivity index (χ1n) is 11.0. The fraction of sp³-hybridized carbons (Fsp3) is 0.583. The molecule has 176 valence electrons. The summed E-state index contributed by atoms with van der Waals surface area (Å²) in [6.07, 6.45) is -0.276. The maximum Gasteiger partial charge on any atom is 0.410 e. The van der Waals surface area contributed by atoms with Gasteiger partial charge >= 0.3 is 6.09 Å². The van der Waals surface area contributed by atoms with Crippen LogP contribution in [0.2, 0.25) is 10.0 Å². The van der Waals surface area contributed by atoms with E-state index in [4.69, 9.17) is 32.5 Å². The second kappa shape index (κ2) is 9.24. The van der Waals surface area contributed by atoms with Gasteiger partial charge in [0.05, 0.1) is 10.0 Å². The molecule has 6 nitrogen and oxygen atoms in total. The van der Waals surface area contributed by atoms with Gasteiger partial charge in [0.25, 0.3) is 0 Å². The van der Waals surface area contributed by atoms with E-state index in [-0.39, 0.29) is 17.6 Å². The molecule has 1 fully saturated rings. The van der Waals surface area contributed by atoms with Crippen molar-refractivity contribution in [3.8, 4) is 11.3 Å². The van der Waals surface area contributed by atoms with Crippen molar-refractivity contribution in [3.63, 3.8) is 0 Å². The summed E-state index contributed by atoms with van der Waals surface area (Å²) in [7, 11) is 0. The molecule has 0 saturated carbocycles. The lowest BCUT2D eigenvalue weighted by atomic mass is 9.95. The van der Waals surface area contributed by atoms with Crippen LogP contribution in [-0.4, -0.2) is 51.8 Å². The monoisotopic (exact) mass is 481 g/mol. The third kappa shape index (κ3) is 5.41. The van der Waals surface area contributed by atoms with Gasteiger partial charge < -0.3 is 14.2 Å². The first-order valence-corrected chi connectivity index (χ1v) is 11.7. The van der Waals surface area contributed by atoms with Crippen molar-refractivity contribution in [3.05, 3.63) is 39.6 Å². The Bertz CT molecular complexity index is 959. The second-order valence-electron chi connectivity index (χ2n) is 10.3. The lowest BCUT2D eigenvalue weighted by Gasteiger charge is -2.47. The number of halogens is 2. The lowest BCUT2D eigenvalue weighted by Crippen LogP contribution is -2.60. The fourth-order valence-electron chi connectivity index (χ4n) is 4.01. The zero-order chi connectivity index (χ0) is 23.8. The van der Waals surface area contributed by atoms with E-state index in [1.165, 1.54) is 0 Å². The van der Waals surface area contributed by atoms with Gasteiger partial charge in [-0.25, -0.2) is 4.79 Å². The van der Waals surface area contributed by atoms with E-state index in [0.717, 1.165) is 11.3 Å². The molecule has 0 atom stereocenters. The molecule has 32 heavy (non-hydrogen) atoms. The summed E-state index contributed by atoms with van der Waals surface area (Å²) in [6, 6.07) is 5.43. The number of aromatic nitrogens is 1. The summed E-state index contributed by atoms with van der Waals surface area (Å²) in [5.41, 5.74) is 1.55. The summed E-state index contributed by atoms with van der Waals surface area (Å²) >= 11 is 13.0. The van der Waals surface area contributed by atoms with Crippen molar-refractivity contribution in [2.45, 2.75) is 72.1 Å². The van der Waals surface area contributed by atoms with Crippen LogP contribution >= 0.6 is 23.2 Å². The fourth-order valence-corrected chi connectivity index (χ4v) is 4.58. The van der Waals surface area contributed by atoms with Gasteiger partial charge in [-0.15, -0.1) is 0 Å². The van der Waals surface area contributed by atoms with Gasteiger partial charge in [0.2, 0.25) is 0 Å². The van der Waals surface area contributed by atoms with Crippen molar-refractivity contribution in [2.24, 2.45) is 0 Å². The van der Waals surface area contributed by atoms with Crippen LogP contribution in [0.15, 0.2) is 22.7 Å². The molecule has 0 unspecified atom stereocenters. The van der Waals surface area contributed by atoms with E-state index in [1.807, 2.05) is 26.8 Å². The highest BCUT2D eigenvalue weighted by Gasteiger charge is 2.38. The SMILES string of the molecule is CC(C)c1onc(-c2c(Cl)cccc2Cl)c1CN1CCN(C(=O)OC(C)(C)C)CC1(C)C. The van der Waals surface area contributed by atoms with E-state index in [9.17, 15) is 4.79 Å². The normalized spacial score (nSPS) is 17.1. The first-order chi connectivity index (χ1) is 14.8. The number of carbonyl (C=O) groups excluding carboxylic acids is 1. The molecule has 8 heteroatoms. The third-order valence-electron chi connectivity index (χ3n) is 5.62. The smallest absolute Gasteiger partial charge is 0.410 e. The number of benzene rings is 1. The molecule has 0 aliphatic carbocycles. The molecule has 1 amide bonds. The van der Waals surface area contributed by atoms with Gasteiger partial charge in [-0.1, -0.05) is 48.3 Å². The highest BCUT2D eigenvalue weighted by molar-refractivity contribution is 6.39. The molecule has 1 aromatic carbocycles. The maximum absolute atomic E-state index is 12.6. The Labute approximate surface area is 200 Å². The number of rotatable bonds is 4. The van der Waals surface area contributed by atoms with E-state index in [2.05, 4.69) is 37.8 Å². The highest BCUT2D eigenvalue weighted by Crippen LogP contribution is 2.39. The molecule has 1 aliphatic rings. The Morgan fingerprint density at radius 1 is 1.22 bits per heavy atom. The summed E-state index contributed by atoms with van der Waals surface area (Å²) < 4.78 is 11.3. The molecule has 2 heterocycles. The molecule has 1 saturated heterocycles. The summed E-state index contributed by atoms with van der Waals surface area (Å²) in [4.78, 5) is 16.7. The maximum atomic E-state index is 12.6. The van der Waals surface area contributed by atoms with Crippen molar-refractivity contribution in [2.75, 3.05) is 19.6 Å². The van der Waals surface area contributed by atoms with E-state index >= 15 is 0 Å². The van der Waals surface area contributed by atoms with Crippen LogP contribution in [0.5, 0.6) is 0 Å². The molecule has 0 N–H and O–H groups in total. The first kappa shape index (κ1) is 24.9. The molecule has 0 bridgehead atoms. The molecule has 3 rings (SSSR count). The van der Waals surface area contributed by atoms with Crippen LogP contribution in [0.25, 0.3) is 11.3 Å².